The third-order valence-corrected chi connectivity index (χ3v) is 3.76. The maximum absolute atomic E-state index is 11.4. The van der Waals surface area contributed by atoms with Crippen molar-refractivity contribution in [2.45, 2.75) is 32.7 Å². The minimum absolute atomic E-state index is 0.184. The largest absolute Gasteiger partial charge is 0.313 e. The minimum atomic E-state index is -3.05. The molecule has 0 aliphatic heterocycles. The van der Waals surface area contributed by atoms with Crippen molar-refractivity contribution < 1.29 is 8.42 Å². The van der Waals surface area contributed by atoms with Gasteiger partial charge in [0.05, 0.1) is 5.75 Å². The molecular formula is C9H20N2O2S. The van der Waals surface area contributed by atoms with Crippen LogP contribution in [0.4, 0.5) is 0 Å². The molecule has 4 nitrogen and oxygen atoms in total. The van der Waals surface area contributed by atoms with E-state index in [1.807, 2.05) is 13.8 Å². The van der Waals surface area contributed by atoms with Gasteiger partial charge in [-0.2, -0.15) is 0 Å². The summed E-state index contributed by atoms with van der Waals surface area (Å²) in [5.74, 6) is 0.403. The summed E-state index contributed by atoms with van der Waals surface area (Å²) in [5, 5.41) is 3.26. The summed E-state index contributed by atoms with van der Waals surface area (Å²) in [6.07, 6.45) is 2.47. The van der Waals surface area contributed by atoms with Crippen LogP contribution in [0.15, 0.2) is 0 Å². The molecule has 1 rings (SSSR count). The van der Waals surface area contributed by atoms with E-state index in [2.05, 4.69) is 10.0 Å². The van der Waals surface area contributed by atoms with E-state index in [9.17, 15) is 8.42 Å². The van der Waals surface area contributed by atoms with Gasteiger partial charge in [0.25, 0.3) is 0 Å². The van der Waals surface area contributed by atoms with Crippen molar-refractivity contribution in [3.8, 4) is 0 Å². The molecule has 0 amide bonds. The van der Waals surface area contributed by atoms with E-state index in [1.54, 1.807) is 0 Å². The number of rotatable bonds is 7. The van der Waals surface area contributed by atoms with E-state index in [0.29, 0.717) is 12.6 Å². The molecule has 0 bridgehead atoms. The molecule has 0 aromatic carbocycles. The van der Waals surface area contributed by atoms with Crippen LogP contribution in [0.25, 0.3) is 0 Å². The first-order chi connectivity index (χ1) is 6.49. The highest BCUT2D eigenvalue weighted by atomic mass is 32.2. The highest BCUT2D eigenvalue weighted by molar-refractivity contribution is 7.89. The zero-order valence-corrected chi connectivity index (χ0v) is 9.73. The van der Waals surface area contributed by atoms with Crippen molar-refractivity contribution >= 4 is 10.0 Å². The van der Waals surface area contributed by atoms with Crippen molar-refractivity contribution in [3.63, 3.8) is 0 Å². The van der Waals surface area contributed by atoms with Crippen LogP contribution in [-0.4, -0.2) is 33.3 Å². The Balaban J connectivity index is 2.08. The van der Waals surface area contributed by atoms with E-state index in [4.69, 9.17) is 0 Å². The summed E-state index contributed by atoms with van der Waals surface area (Å²) >= 11 is 0. The van der Waals surface area contributed by atoms with Crippen LogP contribution < -0.4 is 10.0 Å². The van der Waals surface area contributed by atoms with E-state index < -0.39 is 10.0 Å². The second kappa shape index (κ2) is 5.09. The number of nitrogens with one attached hydrogen (secondary N) is 2. The van der Waals surface area contributed by atoms with Gasteiger partial charge in [0.15, 0.2) is 0 Å². The van der Waals surface area contributed by atoms with Crippen LogP contribution in [0.5, 0.6) is 0 Å². The number of sulfonamides is 1. The van der Waals surface area contributed by atoms with Crippen LogP contribution in [0.2, 0.25) is 0 Å². The number of hydrogen-bond acceptors (Lipinski definition) is 3. The molecule has 0 atom stereocenters. The fourth-order valence-corrected chi connectivity index (χ4v) is 2.68. The molecular weight excluding hydrogens is 200 g/mol. The Morgan fingerprint density at radius 1 is 1.29 bits per heavy atom. The zero-order chi connectivity index (χ0) is 10.6. The summed E-state index contributed by atoms with van der Waals surface area (Å²) in [6, 6.07) is 0.643. The van der Waals surface area contributed by atoms with Crippen LogP contribution in [0.1, 0.15) is 26.7 Å². The fraction of sp³-hybridized carbons (Fsp3) is 1.00. The molecule has 0 aromatic heterocycles. The Bertz CT molecular complexity index is 258. The molecule has 0 heterocycles. The van der Waals surface area contributed by atoms with Crippen molar-refractivity contribution in [3.05, 3.63) is 0 Å². The lowest BCUT2D eigenvalue weighted by molar-refractivity contribution is 0.563. The lowest BCUT2D eigenvalue weighted by Crippen LogP contribution is -2.35. The van der Waals surface area contributed by atoms with Crippen molar-refractivity contribution in [1.82, 2.24) is 10.0 Å². The first-order valence-corrected chi connectivity index (χ1v) is 6.85. The lowest BCUT2D eigenvalue weighted by Gasteiger charge is -2.08. The van der Waals surface area contributed by atoms with Gasteiger partial charge in [-0.05, 0) is 18.8 Å². The van der Waals surface area contributed by atoms with Crippen molar-refractivity contribution in [1.29, 1.82) is 0 Å². The molecule has 1 saturated carbocycles. The lowest BCUT2D eigenvalue weighted by atomic mass is 10.3. The molecule has 1 aliphatic carbocycles. The Morgan fingerprint density at radius 2 is 1.93 bits per heavy atom. The van der Waals surface area contributed by atoms with E-state index in [1.165, 1.54) is 12.8 Å². The predicted octanol–water partition coefficient (Wildman–Crippen LogP) is 0.314. The van der Waals surface area contributed by atoms with E-state index in [-0.39, 0.29) is 11.7 Å². The Kier molecular flexibility index (Phi) is 4.34. The molecule has 0 aromatic rings. The topological polar surface area (TPSA) is 58.2 Å². The van der Waals surface area contributed by atoms with Crippen LogP contribution in [-0.2, 0) is 10.0 Å². The molecule has 0 saturated heterocycles. The Morgan fingerprint density at radius 3 is 2.43 bits per heavy atom. The van der Waals surface area contributed by atoms with Gasteiger partial charge in [0, 0.05) is 19.1 Å². The van der Waals surface area contributed by atoms with Gasteiger partial charge in [-0.15, -0.1) is 0 Å². The highest BCUT2D eigenvalue weighted by Crippen LogP contribution is 2.17. The van der Waals surface area contributed by atoms with Crippen LogP contribution in [0.3, 0.4) is 0 Å². The van der Waals surface area contributed by atoms with Crippen LogP contribution in [0, 0.1) is 5.92 Å². The van der Waals surface area contributed by atoms with Gasteiger partial charge in [-0.3, -0.25) is 0 Å². The predicted molar refractivity (Wildman–Crippen MR) is 57.7 cm³/mol. The monoisotopic (exact) mass is 220 g/mol. The maximum Gasteiger partial charge on any atom is 0.211 e. The summed E-state index contributed by atoms with van der Waals surface area (Å²) in [4.78, 5) is 0. The molecule has 0 spiro atoms. The molecule has 14 heavy (non-hydrogen) atoms. The molecule has 5 heteroatoms. The zero-order valence-electron chi connectivity index (χ0n) is 8.91. The quantitative estimate of drug-likeness (QED) is 0.607. The van der Waals surface area contributed by atoms with Gasteiger partial charge in [-0.25, -0.2) is 13.1 Å². The molecule has 0 radical (unpaired) electrons. The van der Waals surface area contributed by atoms with Gasteiger partial charge in [0.1, 0.15) is 0 Å². The SMILES string of the molecule is CC(C)CS(=O)(=O)NCCNC1CC1. The molecule has 1 aliphatic rings. The second-order valence-corrected chi connectivity index (χ2v) is 6.15. The van der Waals surface area contributed by atoms with Crippen molar-refractivity contribution in [2.75, 3.05) is 18.8 Å². The maximum atomic E-state index is 11.4. The number of hydrogen-bond donors (Lipinski definition) is 2. The second-order valence-electron chi connectivity index (χ2n) is 4.30. The average molecular weight is 220 g/mol. The Hall–Kier alpha value is -0.130. The third-order valence-electron chi connectivity index (χ3n) is 2.01. The smallest absolute Gasteiger partial charge is 0.211 e. The van der Waals surface area contributed by atoms with Gasteiger partial charge < -0.3 is 5.32 Å². The van der Waals surface area contributed by atoms with Gasteiger partial charge >= 0.3 is 0 Å². The van der Waals surface area contributed by atoms with Gasteiger partial charge in [0.2, 0.25) is 10.0 Å². The fourth-order valence-electron chi connectivity index (χ4n) is 1.27. The first kappa shape index (κ1) is 11.9. The Labute approximate surface area is 86.5 Å². The summed E-state index contributed by atoms with van der Waals surface area (Å²) in [7, 11) is -3.05. The standard InChI is InChI=1S/C9H20N2O2S/c1-8(2)7-14(12,13)11-6-5-10-9-3-4-9/h8-11H,3-7H2,1-2H3. The van der Waals surface area contributed by atoms with Crippen LogP contribution >= 0.6 is 0 Å². The average Bonchev–Trinajstić information content (AvgIpc) is 2.78. The van der Waals surface area contributed by atoms with E-state index >= 15 is 0 Å². The third kappa shape index (κ3) is 5.57. The summed E-state index contributed by atoms with van der Waals surface area (Å²) in [6.45, 7) is 5.05. The first-order valence-electron chi connectivity index (χ1n) is 5.20. The normalized spacial score (nSPS) is 17.6. The molecule has 0 unspecified atom stereocenters. The van der Waals surface area contributed by atoms with E-state index in [0.717, 1.165) is 6.54 Å². The highest BCUT2D eigenvalue weighted by Gasteiger charge is 2.20. The molecule has 2 N–H and O–H groups in total. The summed E-state index contributed by atoms with van der Waals surface area (Å²) in [5.41, 5.74) is 0. The van der Waals surface area contributed by atoms with Crippen molar-refractivity contribution in [2.24, 2.45) is 5.92 Å². The minimum Gasteiger partial charge on any atom is -0.313 e. The van der Waals surface area contributed by atoms with Gasteiger partial charge in [-0.1, -0.05) is 13.8 Å². The summed E-state index contributed by atoms with van der Waals surface area (Å²) < 4.78 is 25.3. The molecule has 1 fully saturated rings. The molecule has 84 valence electrons.